The zero-order valence-corrected chi connectivity index (χ0v) is 13.0. The number of aromatic nitrogens is 4. The van der Waals surface area contributed by atoms with E-state index in [2.05, 4.69) is 9.97 Å². The van der Waals surface area contributed by atoms with Crippen LogP contribution in [0.5, 0.6) is 0 Å². The average molecular weight is 304 g/mol. The summed E-state index contributed by atoms with van der Waals surface area (Å²) in [5, 5.41) is 0.645. The van der Waals surface area contributed by atoms with Gasteiger partial charge in [0.25, 0.3) is 5.56 Å². The lowest BCUT2D eigenvalue weighted by Gasteiger charge is -2.07. The van der Waals surface area contributed by atoms with E-state index in [0.29, 0.717) is 11.9 Å². The maximum absolute atomic E-state index is 12.7. The summed E-state index contributed by atoms with van der Waals surface area (Å²) in [5.41, 5.74) is 3.73. The van der Waals surface area contributed by atoms with E-state index in [4.69, 9.17) is 0 Å². The van der Waals surface area contributed by atoms with Gasteiger partial charge in [-0.3, -0.25) is 9.36 Å². The van der Waals surface area contributed by atoms with E-state index in [1.807, 2.05) is 61.0 Å². The van der Waals surface area contributed by atoms with Crippen LogP contribution in [0.15, 0.2) is 53.6 Å². The number of benzene rings is 2. The van der Waals surface area contributed by atoms with Crippen molar-refractivity contribution in [1.82, 2.24) is 19.1 Å². The van der Waals surface area contributed by atoms with Crippen molar-refractivity contribution in [2.75, 3.05) is 0 Å². The molecule has 4 rings (SSSR count). The van der Waals surface area contributed by atoms with Gasteiger partial charge in [0.2, 0.25) is 0 Å². The van der Waals surface area contributed by atoms with Crippen LogP contribution >= 0.6 is 0 Å². The number of para-hydroxylation sites is 2. The number of fused-ring (bicyclic) bond motifs is 2. The highest BCUT2D eigenvalue weighted by molar-refractivity contribution is 5.78. The number of hydrogen-bond donors (Lipinski definition) is 0. The Balaban J connectivity index is 1.84. The molecule has 0 aliphatic rings. The fraction of sp³-hybridized carbons (Fsp3) is 0.167. The van der Waals surface area contributed by atoms with E-state index in [9.17, 15) is 4.79 Å². The molecule has 0 aliphatic heterocycles. The zero-order chi connectivity index (χ0) is 16.0. The predicted octanol–water partition coefficient (Wildman–Crippen LogP) is 2.64. The molecule has 0 fully saturated rings. The standard InChI is InChI=1S/C18H16N4O/c1-12-7-8-14-13(9-12)18(23)22(11-19-14)10-17-20-15-5-3-4-6-16(15)21(17)2/h3-9,11H,10H2,1-2H3. The molecule has 0 bridgehead atoms. The highest BCUT2D eigenvalue weighted by Crippen LogP contribution is 2.15. The SMILES string of the molecule is Cc1ccc2ncn(Cc3nc4ccccc4n3C)c(=O)c2c1. The summed E-state index contributed by atoms with van der Waals surface area (Å²) in [5.74, 6) is 0.835. The van der Waals surface area contributed by atoms with E-state index >= 15 is 0 Å². The minimum Gasteiger partial charge on any atom is -0.330 e. The Bertz CT molecular complexity index is 1090. The smallest absolute Gasteiger partial charge is 0.261 e. The second-order valence-electron chi connectivity index (χ2n) is 5.77. The number of nitrogens with zero attached hydrogens (tertiary/aromatic N) is 4. The molecule has 2 aromatic carbocycles. The Morgan fingerprint density at radius 2 is 1.91 bits per heavy atom. The molecule has 0 amide bonds. The highest BCUT2D eigenvalue weighted by atomic mass is 16.1. The Morgan fingerprint density at radius 1 is 1.09 bits per heavy atom. The first-order chi connectivity index (χ1) is 11.1. The molecule has 23 heavy (non-hydrogen) atoms. The van der Waals surface area contributed by atoms with Crippen LogP contribution in [0, 0.1) is 6.92 Å². The Labute approximate surface area is 132 Å². The predicted molar refractivity (Wildman–Crippen MR) is 90.6 cm³/mol. The first-order valence-corrected chi connectivity index (χ1v) is 7.49. The monoisotopic (exact) mass is 304 g/mol. The molecule has 0 atom stereocenters. The van der Waals surface area contributed by atoms with Gasteiger partial charge in [0.05, 0.1) is 34.8 Å². The van der Waals surface area contributed by atoms with Crippen molar-refractivity contribution in [3.8, 4) is 0 Å². The van der Waals surface area contributed by atoms with Gasteiger partial charge < -0.3 is 4.57 Å². The molecule has 0 spiro atoms. The summed E-state index contributed by atoms with van der Waals surface area (Å²) in [6.07, 6.45) is 1.60. The molecule has 5 nitrogen and oxygen atoms in total. The summed E-state index contributed by atoms with van der Waals surface area (Å²) in [7, 11) is 1.97. The number of imidazole rings is 1. The third-order valence-corrected chi connectivity index (χ3v) is 4.17. The van der Waals surface area contributed by atoms with Gasteiger partial charge in [-0.25, -0.2) is 9.97 Å². The Morgan fingerprint density at radius 3 is 2.74 bits per heavy atom. The van der Waals surface area contributed by atoms with E-state index in [-0.39, 0.29) is 5.56 Å². The first kappa shape index (κ1) is 13.7. The topological polar surface area (TPSA) is 52.7 Å². The lowest BCUT2D eigenvalue weighted by molar-refractivity contribution is 0.679. The summed E-state index contributed by atoms with van der Waals surface area (Å²) in [4.78, 5) is 21.7. The quantitative estimate of drug-likeness (QED) is 0.572. The molecule has 0 aliphatic carbocycles. The maximum atomic E-state index is 12.7. The van der Waals surface area contributed by atoms with E-state index in [1.54, 1.807) is 10.9 Å². The van der Waals surface area contributed by atoms with Crippen LogP contribution in [-0.4, -0.2) is 19.1 Å². The van der Waals surface area contributed by atoms with Crippen molar-refractivity contribution in [3.05, 3.63) is 70.5 Å². The minimum atomic E-state index is -0.0363. The van der Waals surface area contributed by atoms with Crippen molar-refractivity contribution >= 4 is 21.9 Å². The van der Waals surface area contributed by atoms with Crippen molar-refractivity contribution in [2.45, 2.75) is 13.5 Å². The maximum Gasteiger partial charge on any atom is 0.261 e. The van der Waals surface area contributed by atoms with Crippen LogP contribution in [-0.2, 0) is 13.6 Å². The van der Waals surface area contributed by atoms with Gasteiger partial charge in [0, 0.05) is 7.05 Å². The van der Waals surface area contributed by atoms with E-state index in [0.717, 1.165) is 27.9 Å². The second kappa shape index (κ2) is 5.05. The molecule has 114 valence electrons. The molecule has 0 saturated heterocycles. The summed E-state index contributed by atoms with van der Waals surface area (Å²) >= 11 is 0. The molecule has 5 heteroatoms. The Kier molecular flexibility index (Phi) is 3.01. The third kappa shape index (κ3) is 2.21. The first-order valence-electron chi connectivity index (χ1n) is 7.49. The third-order valence-electron chi connectivity index (χ3n) is 4.17. The van der Waals surface area contributed by atoms with Crippen molar-refractivity contribution in [2.24, 2.45) is 7.05 Å². The largest absolute Gasteiger partial charge is 0.330 e. The fourth-order valence-electron chi connectivity index (χ4n) is 2.87. The van der Waals surface area contributed by atoms with E-state index < -0.39 is 0 Å². The molecule has 2 heterocycles. The molecule has 0 N–H and O–H groups in total. The van der Waals surface area contributed by atoms with Crippen LogP contribution < -0.4 is 5.56 Å². The molecule has 4 aromatic rings. The second-order valence-corrected chi connectivity index (χ2v) is 5.77. The van der Waals surface area contributed by atoms with Gasteiger partial charge in [-0.2, -0.15) is 0 Å². The molecular formula is C18H16N4O. The number of rotatable bonds is 2. The number of hydrogen-bond acceptors (Lipinski definition) is 3. The minimum absolute atomic E-state index is 0.0363. The van der Waals surface area contributed by atoms with Gasteiger partial charge in [0.15, 0.2) is 0 Å². The van der Waals surface area contributed by atoms with Crippen LogP contribution in [0.1, 0.15) is 11.4 Å². The molecule has 2 aromatic heterocycles. The zero-order valence-electron chi connectivity index (χ0n) is 13.0. The highest BCUT2D eigenvalue weighted by Gasteiger charge is 2.10. The summed E-state index contributed by atoms with van der Waals surface area (Å²) < 4.78 is 3.63. The van der Waals surface area contributed by atoms with Crippen LogP contribution in [0.25, 0.3) is 21.9 Å². The molecule has 0 unspecified atom stereocenters. The summed E-state index contributed by atoms with van der Waals surface area (Å²) in [6.45, 7) is 2.38. The van der Waals surface area contributed by atoms with Crippen molar-refractivity contribution in [3.63, 3.8) is 0 Å². The van der Waals surface area contributed by atoms with Gasteiger partial charge in [-0.05, 0) is 31.2 Å². The molecular weight excluding hydrogens is 288 g/mol. The summed E-state index contributed by atoms with van der Waals surface area (Å²) in [6, 6.07) is 13.7. The van der Waals surface area contributed by atoms with Crippen LogP contribution in [0.3, 0.4) is 0 Å². The lowest BCUT2D eigenvalue weighted by Crippen LogP contribution is -2.22. The Hall–Kier alpha value is -2.95. The normalized spacial score (nSPS) is 11.4. The van der Waals surface area contributed by atoms with Gasteiger partial charge in [0.1, 0.15) is 5.82 Å². The van der Waals surface area contributed by atoms with Crippen molar-refractivity contribution < 1.29 is 0 Å². The lowest BCUT2D eigenvalue weighted by atomic mass is 10.2. The van der Waals surface area contributed by atoms with Gasteiger partial charge in [-0.15, -0.1) is 0 Å². The van der Waals surface area contributed by atoms with E-state index in [1.165, 1.54) is 0 Å². The van der Waals surface area contributed by atoms with Gasteiger partial charge >= 0.3 is 0 Å². The van der Waals surface area contributed by atoms with Crippen LogP contribution in [0.2, 0.25) is 0 Å². The van der Waals surface area contributed by atoms with Crippen LogP contribution in [0.4, 0.5) is 0 Å². The molecule has 0 radical (unpaired) electrons. The fourth-order valence-corrected chi connectivity index (χ4v) is 2.87. The van der Waals surface area contributed by atoms with Gasteiger partial charge in [-0.1, -0.05) is 23.8 Å². The average Bonchev–Trinajstić information content (AvgIpc) is 2.87. The van der Waals surface area contributed by atoms with Crippen molar-refractivity contribution in [1.29, 1.82) is 0 Å². The molecule has 0 saturated carbocycles. The number of aryl methyl sites for hydroxylation is 2.